The molecule has 1 amide bonds. The van der Waals surface area contributed by atoms with Gasteiger partial charge >= 0.3 is 0 Å². The zero-order valence-electron chi connectivity index (χ0n) is 14.0. The molecular formula is C17H26N2O3. The van der Waals surface area contributed by atoms with E-state index < -0.39 is 0 Å². The van der Waals surface area contributed by atoms with Crippen molar-refractivity contribution in [3.8, 4) is 11.5 Å². The summed E-state index contributed by atoms with van der Waals surface area (Å²) in [7, 11) is 1.62. The van der Waals surface area contributed by atoms with Crippen LogP contribution >= 0.6 is 0 Å². The van der Waals surface area contributed by atoms with Gasteiger partial charge in [-0.25, -0.2) is 0 Å². The molecule has 1 heterocycles. The minimum Gasteiger partial charge on any atom is -0.497 e. The van der Waals surface area contributed by atoms with Crippen LogP contribution in [0.4, 0.5) is 0 Å². The van der Waals surface area contributed by atoms with Gasteiger partial charge in [0.25, 0.3) is 5.91 Å². The van der Waals surface area contributed by atoms with E-state index in [4.69, 9.17) is 9.47 Å². The quantitative estimate of drug-likeness (QED) is 0.853. The number of hydrogen-bond acceptors (Lipinski definition) is 4. The minimum absolute atomic E-state index is 0.0457. The Morgan fingerprint density at radius 2 is 1.59 bits per heavy atom. The average molecular weight is 306 g/mol. The Labute approximate surface area is 132 Å². The molecule has 1 saturated heterocycles. The zero-order valence-corrected chi connectivity index (χ0v) is 14.0. The van der Waals surface area contributed by atoms with Crippen LogP contribution in [0.1, 0.15) is 20.8 Å². The number of benzene rings is 1. The molecule has 1 aliphatic heterocycles. The highest BCUT2D eigenvalue weighted by atomic mass is 16.5. The van der Waals surface area contributed by atoms with Crippen LogP contribution in [-0.4, -0.2) is 61.1 Å². The molecule has 0 bridgehead atoms. The summed E-state index contributed by atoms with van der Waals surface area (Å²) in [5.41, 5.74) is 0.161. The van der Waals surface area contributed by atoms with Crippen LogP contribution in [0.3, 0.4) is 0 Å². The monoisotopic (exact) mass is 306 g/mol. The van der Waals surface area contributed by atoms with E-state index in [9.17, 15) is 4.79 Å². The molecule has 1 aromatic carbocycles. The molecule has 0 unspecified atom stereocenters. The Hall–Kier alpha value is -1.75. The van der Waals surface area contributed by atoms with E-state index in [0.29, 0.717) is 5.75 Å². The van der Waals surface area contributed by atoms with Crippen LogP contribution in [0, 0.1) is 0 Å². The molecule has 2 rings (SSSR count). The van der Waals surface area contributed by atoms with Crippen LogP contribution < -0.4 is 9.47 Å². The Morgan fingerprint density at radius 3 is 2.09 bits per heavy atom. The molecule has 1 fully saturated rings. The van der Waals surface area contributed by atoms with Gasteiger partial charge in [-0.2, -0.15) is 0 Å². The van der Waals surface area contributed by atoms with E-state index in [-0.39, 0.29) is 18.1 Å². The molecule has 0 aliphatic carbocycles. The predicted molar refractivity (Wildman–Crippen MR) is 86.4 cm³/mol. The van der Waals surface area contributed by atoms with Gasteiger partial charge in [0.05, 0.1) is 7.11 Å². The van der Waals surface area contributed by atoms with E-state index in [1.165, 1.54) is 0 Å². The third-order valence-corrected chi connectivity index (χ3v) is 4.00. The van der Waals surface area contributed by atoms with E-state index in [2.05, 4.69) is 25.7 Å². The fourth-order valence-electron chi connectivity index (χ4n) is 2.53. The standard InChI is InChI=1S/C17H26N2O3/c1-17(2,3)19-11-9-18(10-12-19)16(20)13-22-15-7-5-14(21-4)6-8-15/h5-8H,9-13H2,1-4H3. The molecule has 22 heavy (non-hydrogen) atoms. The van der Waals surface area contributed by atoms with E-state index in [1.807, 2.05) is 29.2 Å². The summed E-state index contributed by atoms with van der Waals surface area (Å²) in [6.07, 6.45) is 0. The molecule has 0 atom stereocenters. The van der Waals surface area contributed by atoms with Gasteiger partial charge in [0, 0.05) is 31.7 Å². The molecule has 0 aromatic heterocycles. The lowest BCUT2D eigenvalue weighted by Gasteiger charge is -2.42. The fourth-order valence-corrected chi connectivity index (χ4v) is 2.53. The number of hydrogen-bond donors (Lipinski definition) is 0. The van der Waals surface area contributed by atoms with Crippen LogP contribution in [0.5, 0.6) is 11.5 Å². The lowest BCUT2D eigenvalue weighted by Crippen LogP contribution is -2.55. The summed E-state index contributed by atoms with van der Waals surface area (Å²) in [5, 5.41) is 0. The van der Waals surface area contributed by atoms with Gasteiger partial charge in [-0.3, -0.25) is 9.69 Å². The SMILES string of the molecule is COc1ccc(OCC(=O)N2CCN(C(C)(C)C)CC2)cc1. The number of nitrogens with zero attached hydrogens (tertiary/aromatic N) is 2. The van der Waals surface area contributed by atoms with E-state index in [1.54, 1.807) is 7.11 Å². The first-order valence-electron chi connectivity index (χ1n) is 7.70. The number of carbonyl (C=O) groups excluding carboxylic acids is 1. The van der Waals surface area contributed by atoms with E-state index in [0.717, 1.165) is 31.9 Å². The second-order valence-electron chi connectivity index (χ2n) is 6.50. The molecule has 0 radical (unpaired) electrons. The number of methoxy groups -OCH3 is 1. The van der Waals surface area contributed by atoms with Crippen molar-refractivity contribution < 1.29 is 14.3 Å². The number of piperazine rings is 1. The molecule has 5 heteroatoms. The molecule has 0 saturated carbocycles. The Balaban J connectivity index is 1.78. The number of rotatable bonds is 4. The van der Waals surface area contributed by atoms with Gasteiger partial charge in [-0.1, -0.05) is 0 Å². The molecular weight excluding hydrogens is 280 g/mol. The summed E-state index contributed by atoms with van der Waals surface area (Å²) in [4.78, 5) is 16.5. The molecule has 1 aromatic rings. The van der Waals surface area contributed by atoms with Crippen molar-refractivity contribution in [1.82, 2.24) is 9.80 Å². The Kier molecular flexibility index (Phi) is 5.29. The van der Waals surface area contributed by atoms with Crippen molar-refractivity contribution in [3.63, 3.8) is 0 Å². The summed E-state index contributed by atoms with van der Waals surface area (Å²) in [6.45, 7) is 10.1. The van der Waals surface area contributed by atoms with Crippen LogP contribution in [-0.2, 0) is 4.79 Å². The summed E-state index contributed by atoms with van der Waals surface area (Å²) < 4.78 is 10.6. The van der Waals surface area contributed by atoms with Gasteiger partial charge in [0.2, 0.25) is 0 Å². The maximum absolute atomic E-state index is 12.2. The third kappa shape index (κ3) is 4.37. The summed E-state index contributed by atoms with van der Waals surface area (Å²) >= 11 is 0. The first kappa shape index (κ1) is 16.6. The van der Waals surface area contributed by atoms with Crippen molar-refractivity contribution in [2.45, 2.75) is 26.3 Å². The maximum atomic E-state index is 12.2. The smallest absolute Gasteiger partial charge is 0.260 e. The third-order valence-electron chi connectivity index (χ3n) is 4.00. The van der Waals surface area contributed by atoms with Gasteiger partial charge in [-0.05, 0) is 45.0 Å². The topological polar surface area (TPSA) is 42.0 Å². The lowest BCUT2D eigenvalue weighted by atomic mass is 10.1. The first-order chi connectivity index (χ1) is 10.4. The van der Waals surface area contributed by atoms with Crippen molar-refractivity contribution >= 4 is 5.91 Å². The van der Waals surface area contributed by atoms with Crippen molar-refractivity contribution in [2.75, 3.05) is 39.9 Å². The molecule has 122 valence electrons. The van der Waals surface area contributed by atoms with Crippen molar-refractivity contribution in [2.24, 2.45) is 0 Å². The second kappa shape index (κ2) is 7.01. The van der Waals surface area contributed by atoms with Gasteiger partial charge < -0.3 is 14.4 Å². The normalized spacial score (nSPS) is 16.5. The van der Waals surface area contributed by atoms with Crippen LogP contribution in [0.15, 0.2) is 24.3 Å². The second-order valence-corrected chi connectivity index (χ2v) is 6.50. The van der Waals surface area contributed by atoms with Crippen molar-refractivity contribution in [3.05, 3.63) is 24.3 Å². The highest BCUT2D eigenvalue weighted by Gasteiger charge is 2.27. The molecule has 0 N–H and O–H groups in total. The zero-order chi connectivity index (χ0) is 16.2. The maximum Gasteiger partial charge on any atom is 0.260 e. The number of carbonyl (C=O) groups is 1. The minimum atomic E-state index is 0.0457. The van der Waals surface area contributed by atoms with Gasteiger partial charge in [0.1, 0.15) is 11.5 Å². The van der Waals surface area contributed by atoms with Crippen LogP contribution in [0.2, 0.25) is 0 Å². The first-order valence-corrected chi connectivity index (χ1v) is 7.70. The Morgan fingerprint density at radius 1 is 1.05 bits per heavy atom. The molecule has 0 spiro atoms. The largest absolute Gasteiger partial charge is 0.497 e. The predicted octanol–water partition coefficient (Wildman–Crippen LogP) is 2.02. The molecule has 1 aliphatic rings. The van der Waals surface area contributed by atoms with E-state index >= 15 is 0 Å². The fraction of sp³-hybridized carbons (Fsp3) is 0.588. The van der Waals surface area contributed by atoms with Gasteiger partial charge in [-0.15, -0.1) is 0 Å². The summed E-state index contributed by atoms with van der Waals surface area (Å²) in [6, 6.07) is 7.26. The van der Waals surface area contributed by atoms with Gasteiger partial charge in [0.15, 0.2) is 6.61 Å². The number of ether oxygens (including phenoxy) is 2. The lowest BCUT2D eigenvalue weighted by molar-refractivity contribution is -0.135. The highest BCUT2D eigenvalue weighted by molar-refractivity contribution is 5.77. The van der Waals surface area contributed by atoms with Crippen LogP contribution in [0.25, 0.3) is 0 Å². The summed E-state index contributed by atoms with van der Waals surface area (Å²) in [5.74, 6) is 1.50. The molecule has 5 nitrogen and oxygen atoms in total. The van der Waals surface area contributed by atoms with Crippen molar-refractivity contribution in [1.29, 1.82) is 0 Å². The Bertz CT molecular complexity index is 486. The highest BCUT2D eigenvalue weighted by Crippen LogP contribution is 2.18. The number of amides is 1. The average Bonchev–Trinajstić information content (AvgIpc) is 2.52.